The van der Waals surface area contributed by atoms with E-state index in [-0.39, 0.29) is 57.8 Å². The third-order valence-corrected chi connectivity index (χ3v) is 7.57. The van der Waals surface area contributed by atoms with Gasteiger partial charge in [0.25, 0.3) is 5.91 Å². The SMILES string of the molecule is COC(C)(C)CCCC(C)(CCC/C(C)=C/CN1C(=O)c2cccc(O)c2Nc2c(O)cc(O)cc21)OC. The highest BCUT2D eigenvalue weighted by atomic mass is 16.5. The Hall–Kier alpha value is -3.23. The molecule has 0 radical (unpaired) electrons. The molecule has 0 spiro atoms. The largest absolute Gasteiger partial charge is 0.508 e. The second kappa shape index (κ2) is 12.1. The predicted octanol–water partition coefficient (Wildman–Crippen LogP) is 6.62. The summed E-state index contributed by atoms with van der Waals surface area (Å²) in [6.07, 6.45) is 7.61. The number of nitrogens with one attached hydrogen (secondary N) is 1. The van der Waals surface area contributed by atoms with E-state index in [1.165, 1.54) is 23.1 Å². The number of ether oxygens (including phenoxy) is 2. The molecule has 2 aromatic rings. The molecule has 1 heterocycles. The van der Waals surface area contributed by atoms with Crippen molar-refractivity contribution in [3.05, 3.63) is 47.5 Å². The van der Waals surface area contributed by atoms with Gasteiger partial charge in [-0.25, -0.2) is 0 Å². The number of rotatable bonds is 12. The molecule has 0 saturated carbocycles. The molecular formula is C30H42N2O6. The average Bonchev–Trinajstić information content (AvgIpc) is 2.98. The van der Waals surface area contributed by atoms with Crippen LogP contribution in [0.3, 0.4) is 0 Å². The van der Waals surface area contributed by atoms with E-state index < -0.39 is 0 Å². The molecule has 2 aromatic carbocycles. The zero-order valence-electron chi connectivity index (χ0n) is 23.4. The number of methoxy groups -OCH3 is 2. The fourth-order valence-electron chi connectivity index (χ4n) is 4.76. The lowest BCUT2D eigenvalue weighted by atomic mass is 9.89. The number of phenolic OH excluding ortho intramolecular Hbond substituents is 3. The van der Waals surface area contributed by atoms with Gasteiger partial charge in [-0.15, -0.1) is 0 Å². The number of hydrogen-bond acceptors (Lipinski definition) is 7. The van der Waals surface area contributed by atoms with Gasteiger partial charge in [-0.2, -0.15) is 0 Å². The summed E-state index contributed by atoms with van der Waals surface area (Å²) < 4.78 is 11.4. The summed E-state index contributed by atoms with van der Waals surface area (Å²) >= 11 is 0. The lowest BCUT2D eigenvalue weighted by Crippen LogP contribution is -2.30. The summed E-state index contributed by atoms with van der Waals surface area (Å²) in [5.74, 6) is -0.830. The lowest BCUT2D eigenvalue weighted by molar-refractivity contribution is -0.0242. The van der Waals surface area contributed by atoms with Crippen LogP contribution in [-0.2, 0) is 9.47 Å². The Balaban J connectivity index is 1.71. The Bertz CT molecular complexity index is 1180. The maximum absolute atomic E-state index is 13.5. The van der Waals surface area contributed by atoms with Crippen molar-refractivity contribution in [1.82, 2.24) is 0 Å². The molecule has 1 unspecified atom stereocenters. The quantitative estimate of drug-likeness (QED) is 0.140. The van der Waals surface area contributed by atoms with Crippen LogP contribution in [0.5, 0.6) is 17.2 Å². The van der Waals surface area contributed by atoms with E-state index in [4.69, 9.17) is 9.47 Å². The van der Waals surface area contributed by atoms with Gasteiger partial charge in [-0.05, 0) is 78.4 Å². The van der Waals surface area contributed by atoms with Gasteiger partial charge in [0, 0.05) is 32.9 Å². The Morgan fingerprint density at radius 1 is 0.974 bits per heavy atom. The third-order valence-electron chi connectivity index (χ3n) is 7.57. The molecule has 4 N–H and O–H groups in total. The number of hydrogen-bond donors (Lipinski definition) is 4. The van der Waals surface area contributed by atoms with Crippen molar-refractivity contribution in [2.75, 3.05) is 31.0 Å². The number of carbonyl (C=O) groups excluding carboxylic acids is 1. The van der Waals surface area contributed by atoms with E-state index in [1.807, 2.05) is 13.0 Å². The number of nitrogens with zero attached hydrogens (tertiary/aromatic N) is 1. The van der Waals surface area contributed by atoms with Gasteiger partial charge >= 0.3 is 0 Å². The lowest BCUT2D eigenvalue weighted by Gasteiger charge is -2.30. The summed E-state index contributed by atoms with van der Waals surface area (Å²) in [6, 6.07) is 7.33. The monoisotopic (exact) mass is 526 g/mol. The number of amides is 1. The Morgan fingerprint density at radius 3 is 2.37 bits per heavy atom. The zero-order valence-corrected chi connectivity index (χ0v) is 23.4. The Morgan fingerprint density at radius 2 is 1.68 bits per heavy atom. The second-order valence-electron chi connectivity index (χ2n) is 11.0. The van der Waals surface area contributed by atoms with Gasteiger partial charge < -0.3 is 35.0 Å². The Kier molecular flexibility index (Phi) is 9.33. The van der Waals surface area contributed by atoms with Crippen LogP contribution in [0.4, 0.5) is 17.1 Å². The summed E-state index contributed by atoms with van der Waals surface area (Å²) in [7, 11) is 3.51. The van der Waals surface area contributed by atoms with E-state index in [0.717, 1.165) is 44.1 Å². The van der Waals surface area contributed by atoms with Crippen LogP contribution < -0.4 is 10.2 Å². The molecule has 8 heteroatoms. The number of carbonyl (C=O) groups is 1. The molecule has 0 bridgehead atoms. The van der Waals surface area contributed by atoms with Crippen molar-refractivity contribution in [2.45, 2.75) is 77.4 Å². The summed E-state index contributed by atoms with van der Waals surface area (Å²) in [4.78, 5) is 15.0. The maximum atomic E-state index is 13.5. The first-order chi connectivity index (χ1) is 17.9. The van der Waals surface area contributed by atoms with Crippen LogP contribution in [0.2, 0.25) is 0 Å². The zero-order chi connectivity index (χ0) is 28.1. The predicted molar refractivity (Wildman–Crippen MR) is 151 cm³/mol. The molecule has 1 aliphatic rings. The summed E-state index contributed by atoms with van der Waals surface area (Å²) in [5, 5.41) is 34.0. The molecular weight excluding hydrogens is 484 g/mol. The first-order valence-corrected chi connectivity index (χ1v) is 13.1. The molecule has 1 aliphatic heterocycles. The minimum absolute atomic E-state index is 0.102. The molecule has 0 fully saturated rings. The van der Waals surface area contributed by atoms with Gasteiger partial charge in [0.2, 0.25) is 0 Å². The number of fused-ring (bicyclic) bond motifs is 2. The number of allylic oxidation sites excluding steroid dienone is 1. The van der Waals surface area contributed by atoms with Crippen LogP contribution in [0, 0.1) is 0 Å². The van der Waals surface area contributed by atoms with Crippen LogP contribution >= 0.6 is 0 Å². The van der Waals surface area contributed by atoms with E-state index in [9.17, 15) is 20.1 Å². The maximum Gasteiger partial charge on any atom is 0.260 e. The number of benzene rings is 2. The fourth-order valence-corrected chi connectivity index (χ4v) is 4.76. The first-order valence-electron chi connectivity index (χ1n) is 13.1. The average molecular weight is 527 g/mol. The summed E-state index contributed by atoms with van der Waals surface area (Å²) in [5.41, 5.74) is 1.84. The molecule has 38 heavy (non-hydrogen) atoms. The van der Waals surface area contributed by atoms with Crippen LogP contribution in [0.1, 0.15) is 76.6 Å². The van der Waals surface area contributed by atoms with Gasteiger partial charge in [0.1, 0.15) is 22.9 Å². The highest BCUT2D eigenvalue weighted by Gasteiger charge is 2.30. The molecule has 8 nitrogen and oxygen atoms in total. The van der Waals surface area contributed by atoms with Crippen molar-refractivity contribution in [3.8, 4) is 17.2 Å². The topological polar surface area (TPSA) is 111 Å². The van der Waals surface area contributed by atoms with Crippen molar-refractivity contribution in [1.29, 1.82) is 0 Å². The molecule has 0 aliphatic carbocycles. The second-order valence-corrected chi connectivity index (χ2v) is 11.0. The third kappa shape index (κ3) is 6.99. The van der Waals surface area contributed by atoms with Gasteiger partial charge in [-0.3, -0.25) is 4.79 Å². The van der Waals surface area contributed by atoms with Gasteiger partial charge in [-0.1, -0.05) is 17.7 Å². The van der Waals surface area contributed by atoms with Crippen LogP contribution in [0.25, 0.3) is 0 Å². The normalized spacial score (nSPS) is 15.4. The van der Waals surface area contributed by atoms with Gasteiger partial charge in [0.05, 0.1) is 28.1 Å². The molecule has 208 valence electrons. The van der Waals surface area contributed by atoms with Crippen molar-refractivity contribution >= 4 is 23.0 Å². The number of para-hydroxylation sites is 1. The highest BCUT2D eigenvalue weighted by molar-refractivity contribution is 6.15. The van der Waals surface area contributed by atoms with Crippen molar-refractivity contribution in [2.24, 2.45) is 0 Å². The van der Waals surface area contributed by atoms with Crippen LogP contribution in [-0.4, -0.2) is 53.2 Å². The number of anilines is 3. The minimum atomic E-state index is -0.345. The molecule has 0 saturated heterocycles. The molecule has 0 aromatic heterocycles. The van der Waals surface area contributed by atoms with E-state index in [0.29, 0.717) is 5.69 Å². The molecule has 1 amide bonds. The van der Waals surface area contributed by atoms with E-state index in [1.54, 1.807) is 26.4 Å². The smallest absolute Gasteiger partial charge is 0.260 e. The van der Waals surface area contributed by atoms with Crippen LogP contribution in [0.15, 0.2) is 42.0 Å². The number of aromatic hydroxyl groups is 3. The Labute approximate surface area is 225 Å². The molecule has 3 rings (SSSR count). The number of phenols is 3. The van der Waals surface area contributed by atoms with Crippen molar-refractivity contribution in [3.63, 3.8) is 0 Å². The fraction of sp³-hybridized carbons (Fsp3) is 0.500. The highest BCUT2D eigenvalue weighted by Crippen LogP contribution is 2.45. The first kappa shape index (κ1) is 29.3. The standard InChI is InChI=1S/C30H42N2O6/c1-20(10-8-15-30(4,38-6)16-9-14-29(2,3)37-5)13-17-32-23-18-21(33)19-25(35)27(23)31-26-22(28(32)36)11-7-12-24(26)34/h7,11-13,18-19,31,33-35H,8-10,14-17H2,1-6H3/b20-13+. The van der Waals surface area contributed by atoms with E-state index in [2.05, 4.69) is 26.1 Å². The van der Waals surface area contributed by atoms with Crippen molar-refractivity contribution < 1.29 is 29.6 Å². The summed E-state index contributed by atoms with van der Waals surface area (Å²) in [6.45, 7) is 8.62. The minimum Gasteiger partial charge on any atom is -0.508 e. The molecule has 1 atom stereocenters. The van der Waals surface area contributed by atoms with E-state index >= 15 is 0 Å². The van der Waals surface area contributed by atoms with Gasteiger partial charge in [0.15, 0.2) is 0 Å².